The predicted octanol–water partition coefficient (Wildman–Crippen LogP) is 1.17. The number of nitrogens with two attached hydrogens (primary N) is 1. The minimum Gasteiger partial charge on any atom is -0.375 e. The highest BCUT2D eigenvalue weighted by atomic mass is 32.1. The Morgan fingerprint density at radius 1 is 1.75 bits per heavy atom. The van der Waals surface area contributed by atoms with Crippen molar-refractivity contribution < 1.29 is 4.79 Å². The van der Waals surface area contributed by atoms with Crippen LogP contribution in [-0.4, -0.2) is 10.9 Å². The number of rotatable bonds is 0. The molecule has 0 radical (unpaired) electrons. The van der Waals surface area contributed by atoms with Crippen LogP contribution in [0.2, 0.25) is 0 Å². The van der Waals surface area contributed by atoms with Gasteiger partial charge in [-0.15, -0.1) is 0 Å². The highest BCUT2D eigenvalue weighted by molar-refractivity contribution is 7.16. The minimum absolute atomic E-state index is 0.0281. The van der Waals surface area contributed by atoms with Gasteiger partial charge in [0.1, 0.15) is 5.82 Å². The third-order valence-electron chi connectivity index (χ3n) is 1.87. The molecule has 1 aliphatic heterocycles. The molecule has 3 N–H and O–H groups in total. The van der Waals surface area contributed by atoms with Crippen LogP contribution in [0.25, 0.3) is 0 Å². The predicted molar refractivity (Wildman–Crippen MR) is 48.2 cm³/mol. The van der Waals surface area contributed by atoms with Gasteiger partial charge in [-0.3, -0.25) is 4.79 Å². The molecular weight excluding hydrogens is 174 g/mol. The fourth-order valence-electron chi connectivity index (χ4n) is 1.33. The number of carbonyl (C=O) groups excluding carboxylic acids is 1. The van der Waals surface area contributed by atoms with Crippen molar-refractivity contribution in [3.8, 4) is 0 Å². The van der Waals surface area contributed by atoms with Crippen molar-refractivity contribution in [2.24, 2.45) is 0 Å². The molecule has 1 aromatic rings. The molecule has 1 aliphatic rings. The fraction of sp³-hybridized carbons (Fsp3) is 0.429. The molecule has 2 rings (SSSR count). The maximum Gasteiger partial charge on any atom is 0.226 e. The van der Waals surface area contributed by atoms with Gasteiger partial charge in [0.15, 0.2) is 5.13 Å². The molecule has 0 aromatic carbocycles. The van der Waals surface area contributed by atoms with Crippen LogP contribution in [0.15, 0.2) is 0 Å². The summed E-state index contributed by atoms with van der Waals surface area (Å²) < 4.78 is 0. The van der Waals surface area contributed by atoms with Gasteiger partial charge >= 0.3 is 0 Å². The van der Waals surface area contributed by atoms with E-state index in [2.05, 4.69) is 10.3 Å². The molecule has 12 heavy (non-hydrogen) atoms. The number of nitrogen functional groups attached to an aromatic ring is 1. The van der Waals surface area contributed by atoms with Crippen LogP contribution in [0.3, 0.4) is 0 Å². The van der Waals surface area contributed by atoms with Gasteiger partial charge in [0.2, 0.25) is 5.91 Å². The van der Waals surface area contributed by atoms with Gasteiger partial charge in [0.25, 0.3) is 0 Å². The normalized spacial score (nSPS) is 21.8. The molecule has 0 bridgehead atoms. The summed E-state index contributed by atoms with van der Waals surface area (Å²) in [5.74, 6) is 0.935. The lowest BCUT2D eigenvalue weighted by Crippen LogP contribution is -2.20. The van der Waals surface area contributed by atoms with E-state index >= 15 is 0 Å². The Kier molecular flexibility index (Phi) is 1.54. The monoisotopic (exact) mass is 183 g/mol. The Labute approximate surface area is 73.8 Å². The van der Waals surface area contributed by atoms with E-state index in [9.17, 15) is 4.79 Å². The first-order valence-corrected chi connectivity index (χ1v) is 4.54. The number of carbonyl (C=O) groups is 1. The number of thiazole rings is 1. The van der Waals surface area contributed by atoms with Crippen molar-refractivity contribution >= 4 is 28.2 Å². The van der Waals surface area contributed by atoms with Gasteiger partial charge in [-0.05, 0) is 0 Å². The highest BCUT2D eigenvalue weighted by Crippen LogP contribution is 2.36. The van der Waals surface area contributed by atoms with Crippen LogP contribution in [0.5, 0.6) is 0 Å². The lowest BCUT2D eigenvalue weighted by molar-refractivity contribution is -0.116. The Balaban J connectivity index is 2.46. The molecule has 1 amide bonds. The summed E-state index contributed by atoms with van der Waals surface area (Å²) in [6.07, 6.45) is 0.536. The number of nitrogens with zero attached hydrogens (tertiary/aromatic N) is 1. The third kappa shape index (κ3) is 1.06. The third-order valence-corrected chi connectivity index (χ3v) is 2.98. The molecular formula is C7H9N3OS. The number of hydrogen-bond donors (Lipinski definition) is 2. The molecule has 1 unspecified atom stereocenters. The lowest BCUT2D eigenvalue weighted by Gasteiger charge is -2.16. The summed E-state index contributed by atoms with van der Waals surface area (Å²) in [5.41, 5.74) is 5.52. The lowest BCUT2D eigenvalue weighted by atomic mass is 10.0. The maximum atomic E-state index is 11.1. The van der Waals surface area contributed by atoms with Crippen molar-refractivity contribution in [1.82, 2.24) is 4.98 Å². The van der Waals surface area contributed by atoms with Crippen molar-refractivity contribution in [3.63, 3.8) is 0 Å². The van der Waals surface area contributed by atoms with Crippen molar-refractivity contribution in [2.45, 2.75) is 19.3 Å². The largest absolute Gasteiger partial charge is 0.375 e. The smallest absolute Gasteiger partial charge is 0.226 e. The van der Waals surface area contributed by atoms with Crippen LogP contribution in [0.4, 0.5) is 10.9 Å². The van der Waals surface area contributed by atoms with E-state index < -0.39 is 0 Å². The summed E-state index contributed by atoms with van der Waals surface area (Å²) in [5, 5.41) is 3.21. The molecule has 0 fully saturated rings. The first-order chi connectivity index (χ1) is 5.66. The quantitative estimate of drug-likeness (QED) is 0.634. The van der Waals surface area contributed by atoms with Gasteiger partial charge < -0.3 is 11.1 Å². The van der Waals surface area contributed by atoms with Crippen molar-refractivity contribution in [3.05, 3.63) is 4.88 Å². The van der Waals surface area contributed by atoms with Gasteiger partial charge in [0.05, 0.1) is 4.88 Å². The van der Waals surface area contributed by atoms with E-state index in [0.717, 1.165) is 4.88 Å². The molecule has 5 heteroatoms. The minimum atomic E-state index is 0.0281. The number of amides is 1. The summed E-state index contributed by atoms with van der Waals surface area (Å²) in [4.78, 5) is 16.2. The summed E-state index contributed by atoms with van der Waals surface area (Å²) in [6.45, 7) is 2.01. The zero-order chi connectivity index (χ0) is 8.72. The van der Waals surface area contributed by atoms with Crippen LogP contribution in [-0.2, 0) is 4.79 Å². The van der Waals surface area contributed by atoms with Crippen LogP contribution >= 0.6 is 11.3 Å². The number of nitrogens with one attached hydrogen (secondary N) is 1. The number of fused-ring (bicyclic) bond motifs is 1. The van der Waals surface area contributed by atoms with E-state index in [-0.39, 0.29) is 11.8 Å². The Bertz CT molecular complexity index is 333. The highest BCUT2D eigenvalue weighted by Gasteiger charge is 2.24. The van der Waals surface area contributed by atoms with Crippen molar-refractivity contribution in [2.75, 3.05) is 11.1 Å². The first-order valence-electron chi connectivity index (χ1n) is 3.73. The van der Waals surface area contributed by atoms with Crippen LogP contribution in [0, 0.1) is 0 Å². The van der Waals surface area contributed by atoms with E-state index in [0.29, 0.717) is 17.4 Å². The molecule has 2 heterocycles. The average molecular weight is 183 g/mol. The molecule has 0 saturated heterocycles. The number of aromatic nitrogens is 1. The second-order valence-electron chi connectivity index (χ2n) is 2.92. The summed E-state index contributed by atoms with van der Waals surface area (Å²) >= 11 is 1.45. The van der Waals surface area contributed by atoms with E-state index in [1.165, 1.54) is 11.3 Å². The number of anilines is 2. The van der Waals surface area contributed by atoms with Crippen LogP contribution < -0.4 is 11.1 Å². The van der Waals surface area contributed by atoms with E-state index in [4.69, 9.17) is 5.73 Å². The Morgan fingerprint density at radius 2 is 2.50 bits per heavy atom. The molecule has 1 atom stereocenters. The summed E-state index contributed by atoms with van der Waals surface area (Å²) in [7, 11) is 0. The van der Waals surface area contributed by atoms with Crippen LogP contribution in [0.1, 0.15) is 24.1 Å². The molecule has 1 aromatic heterocycles. The molecule has 64 valence electrons. The fourth-order valence-corrected chi connectivity index (χ4v) is 2.17. The summed E-state index contributed by atoms with van der Waals surface area (Å²) in [6, 6.07) is 0. The average Bonchev–Trinajstić information content (AvgIpc) is 2.29. The second kappa shape index (κ2) is 2.45. The van der Waals surface area contributed by atoms with Gasteiger partial charge in [-0.2, -0.15) is 0 Å². The topological polar surface area (TPSA) is 68.0 Å². The Morgan fingerprint density at radius 3 is 3.25 bits per heavy atom. The van der Waals surface area contributed by atoms with E-state index in [1.54, 1.807) is 0 Å². The molecule has 0 spiro atoms. The van der Waals surface area contributed by atoms with Gasteiger partial charge in [0, 0.05) is 12.3 Å². The zero-order valence-electron chi connectivity index (χ0n) is 6.63. The van der Waals surface area contributed by atoms with Crippen molar-refractivity contribution in [1.29, 1.82) is 0 Å². The molecule has 4 nitrogen and oxygen atoms in total. The SMILES string of the molecule is CC1CC(=O)Nc2nc(N)sc21. The molecule has 0 aliphatic carbocycles. The first kappa shape index (κ1) is 7.54. The maximum absolute atomic E-state index is 11.1. The van der Waals surface area contributed by atoms with E-state index in [1.807, 2.05) is 6.92 Å². The van der Waals surface area contributed by atoms with Gasteiger partial charge in [-0.25, -0.2) is 4.98 Å². The standard InChI is InChI=1S/C7H9N3OS/c1-3-2-4(11)9-6-5(3)12-7(8)10-6/h3H,2H2,1H3,(H2,8,10)(H,9,11). The molecule has 0 saturated carbocycles. The van der Waals surface area contributed by atoms with Gasteiger partial charge in [-0.1, -0.05) is 18.3 Å². The number of hydrogen-bond acceptors (Lipinski definition) is 4. The Hall–Kier alpha value is -1.10. The second-order valence-corrected chi connectivity index (χ2v) is 3.98. The zero-order valence-corrected chi connectivity index (χ0v) is 7.44.